The summed E-state index contributed by atoms with van der Waals surface area (Å²) in [5, 5.41) is 27.6. The molecule has 0 saturated heterocycles. The van der Waals surface area contributed by atoms with E-state index in [0.29, 0.717) is 5.56 Å². The molecule has 5 heteroatoms. The predicted octanol–water partition coefficient (Wildman–Crippen LogP) is 1.49. The van der Waals surface area contributed by atoms with Crippen molar-refractivity contribution in [3.05, 3.63) is 51.8 Å². The van der Waals surface area contributed by atoms with Crippen molar-refractivity contribution in [3.63, 3.8) is 0 Å². The van der Waals surface area contributed by atoms with Gasteiger partial charge in [0.25, 0.3) is 5.56 Å². The summed E-state index contributed by atoms with van der Waals surface area (Å²) in [6.07, 6.45) is 0. The van der Waals surface area contributed by atoms with Crippen LogP contribution in [0.2, 0.25) is 0 Å². The minimum absolute atomic E-state index is 0.114. The molecule has 0 amide bonds. The first-order chi connectivity index (χ1) is 8.69. The Kier molecular flexibility index (Phi) is 2.82. The molecule has 0 bridgehead atoms. The maximum atomic E-state index is 11.6. The van der Waals surface area contributed by atoms with Crippen LogP contribution in [0.5, 0.6) is 5.88 Å². The van der Waals surface area contributed by atoms with Gasteiger partial charge in [-0.05, 0) is 5.56 Å². The third-order valence-corrected chi connectivity index (χ3v) is 2.48. The summed E-state index contributed by atoms with van der Waals surface area (Å²) in [6.45, 7) is 0. The Balaban J connectivity index is 2.94. The first-order valence-corrected chi connectivity index (χ1v) is 5.04. The van der Waals surface area contributed by atoms with Crippen molar-refractivity contribution in [3.8, 4) is 29.1 Å². The van der Waals surface area contributed by atoms with E-state index in [9.17, 15) is 9.90 Å². The number of benzene rings is 1. The average Bonchev–Trinajstić information content (AvgIpc) is 2.39. The number of nitrogens with zero attached hydrogens (tertiary/aromatic N) is 2. The molecular weight excluding hydrogens is 230 g/mol. The molecule has 1 heterocycles. The first-order valence-electron chi connectivity index (χ1n) is 5.04. The highest BCUT2D eigenvalue weighted by Gasteiger charge is 2.18. The van der Waals surface area contributed by atoms with Crippen molar-refractivity contribution in [2.75, 3.05) is 0 Å². The average molecular weight is 237 g/mol. The van der Waals surface area contributed by atoms with E-state index in [1.165, 1.54) is 0 Å². The zero-order valence-electron chi connectivity index (χ0n) is 9.14. The molecule has 18 heavy (non-hydrogen) atoms. The fourth-order valence-electron chi connectivity index (χ4n) is 1.70. The maximum Gasteiger partial charge on any atom is 0.269 e. The Morgan fingerprint density at radius 1 is 1.06 bits per heavy atom. The molecule has 0 saturated carbocycles. The van der Waals surface area contributed by atoms with Gasteiger partial charge in [0.05, 0.1) is 0 Å². The van der Waals surface area contributed by atoms with Crippen LogP contribution in [-0.2, 0) is 0 Å². The molecular formula is C13H7N3O2. The number of nitriles is 2. The van der Waals surface area contributed by atoms with Crippen LogP contribution in [-0.4, -0.2) is 10.1 Å². The number of aromatic hydroxyl groups is 1. The highest BCUT2D eigenvalue weighted by molar-refractivity contribution is 5.77. The van der Waals surface area contributed by atoms with E-state index < -0.39 is 11.4 Å². The van der Waals surface area contributed by atoms with Crippen molar-refractivity contribution in [1.29, 1.82) is 10.5 Å². The lowest BCUT2D eigenvalue weighted by Crippen LogP contribution is -2.13. The Bertz CT molecular complexity index is 734. The van der Waals surface area contributed by atoms with Crippen LogP contribution in [0.1, 0.15) is 11.1 Å². The van der Waals surface area contributed by atoms with Crippen molar-refractivity contribution in [2.24, 2.45) is 0 Å². The number of nitrogens with one attached hydrogen (secondary N) is 1. The van der Waals surface area contributed by atoms with Crippen molar-refractivity contribution >= 4 is 0 Å². The highest BCUT2D eigenvalue weighted by Crippen LogP contribution is 2.28. The topological polar surface area (TPSA) is 101 Å². The molecule has 2 rings (SSSR count). The summed E-state index contributed by atoms with van der Waals surface area (Å²) < 4.78 is 0. The van der Waals surface area contributed by atoms with Gasteiger partial charge in [-0.3, -0.25) is 9.78 Å². The molecule has 0 unspecified atom stereocenters. The Labute approximate surface area is 102 Å². The second kappa shape index (κ2) is 4.44. The zero-order chi connectivity index (χ0) is 13.1. The van der Waals surface area contributed by atoms with Gasteiger partial charge in [-0.15, -0.1) is 0 Å². The van der Waals surface area contributed by atoms with Crippen molar-refractivity contribution in [2.45, 2.75) is 0 Å². The molecule has 0 aliphatic carbocycles. The minimum Gasteiger partial charge on any atom is -0.494 e. The van der Waals surface area contributed by atoms with E-state index in [4.69, 9.17) is 10.5 Å². The summed E-state index contributed by atoms with van der Waals surface area (Å²) in [4.78, 5) is 13.7. The molecule has 86 valence electrons. The normalized spacial score (nSPS) is 9.44. The number of hydrogen-bond donors (Lipinski definition) is 2. The molecule has 0 aliphatic rings. The van der Waals surface area contributed by atoms with Gasteiger partial charge in [0, 0.05) is 5.56 Å². The molecule has 0 atom stereocenters. The van der Waals surface area contributed by atoms with Crippen LogP contribution in [0.4, 0.5) is 0 Å². The smallest absolute Gasteiger partial charge is 0.269 e. The third-order valence-electron chi connectivity index (χ3n) is 2.48. The van der Waals surface area contributed by atoms with Crippen LogP contribution < -0.4 is 5.56 Å². The fourth-order valence-corrected chi connectivity index (χ4v) is 1.70. The molecule has 0 fully saturated rings. The Morgan fingerprint density at radius 2 is 1.67 bits per heavy atom. The second-order valence-electron chi connectivity index (χ2n) is 3.52. The summed E-state index contributed by atoms with van der Waals surface area (Å²) in [5.74, 6) is -0.527. The fraction of sp³-hybridized carbons (Fsp3) is 0. The van der Waals surface area contributed by atoms with Gasteiger partial charge >= 0.3 is 0 Å². The van der Waals surface area contributed by atoms with Gasteiger partial charge in [0.1, 0.15) is 23.3 Å². The van der Waals surface area contributed by atoms with Crippen molar-refractivity contribution < 1.29 is 5.11 Å². The molecule has 2 N–H and O–H groups in total. The summed E-state index contributed by atoms with van der Waals surface area (Å²) in [6, 6.07) is 12.1. The maximum absolute atomic E-state index is 11.6. The monoisotopic (exact) mass is 237 g/mol. The summed E-state index contributed by atoms with van der Waals surface area (Å²) >= 11 is 0. The van der Waals surface area contributed by atoms with Gasteiger partial charge in [0.2, 0.25) is 5.88 Å². The summed E-state index contributed by atoms with van der Waals surface area (Å²) in [5.41, 5.74) is -0.324. The van der Waals surface area contributed by atoms with Crippen LogP contribution >= 0.6 is 0 Å². The van der Waals surface area contributed by atoms with Gasteiger partial charge in [-0.25, -0.2) is 0 Å². The third kappa shape index (κ3) is 1.70. The highest BCUT2D eigenvalue weighted by atomic mass is 16.3. The molecule has 1 aromatic heterocycles. The summed E-state index contributed by atoms with van der Waals surface area (Å²) in [7, 11) is 0. The predicted molar refractivity (Wildman–Crippen MR) is 63.6 cm³/mol. The second-order valence-corrected chi connectivity index (χ2v) is 3.52. The van der Waals surface area contributed by atoms with Crippen molar-refractivity contribution in [1.82, 2.24) is 4.98 Å². The largest absolute Gasteiger partial charge is 0.494 e. The number of aromatic nitrogens is 1. The van der Waals surface area contributed by atoms with E-state index in [0.717, 1.165) is 0 Å². The quantitative estimate of drug-likeness (QED) is 0.784. The lowest BCUT2D eigenvalue weighted by atomic mass is 9.97. The van der Waals surface area contributed by atoms with Crippen LogP contribution in [0.25, 0.3) is 11.1 Å². The van der Waals surface area contributed by atoms with Gasteiger partial charge in [0.15, 0.2) is 0 Å². The Morgan fingerprint density at radius 3 is 2.22 bits per heavy atom. The molecule has 0 radical (unpaired) electrons. The molecule has 5 nitrogen and oxygen atoms in total. The van der Waals surface area contributed by atoms with E-state index in [2.05, 4.69) is 4.98 Å². The first kappa shape index (κ1) is 11.4. The van der Waals surface area contributed by atoms with Crippen LogP contribution in [0.3, 0.4) is 0 Å². The van der Waals surface area contributed by atoms with Gasteiger partial charge in [-0.2, -0.15) is 10.5 Å². The Hall–Kier alpha value is -3.05. The molecule has 0 spiro atoms. The number of pyridine rings is 1. The lowest BCUT2D eigenvalue weighted by molar-refractivity contribution is 0.450. The SMILES string of the molecule is N#Cc1c(O)[nH]c(=O)c(C#N)c1-c1ccccc1. The number of hydrogen-bond acceptors (Lipinski definition) is 4. The van der Waals surface area contributed by atoms with E-state index >= 15 is 0 Å². The lowest BCUT2D eigenvalue weighted by Gasteiger charge is -2.07. The van der Waals surface area contributed by atoms with E-state index in [1.54, 1.807) is 42.5 Å². The number of H-pyrrole nitrogens is 1. The molecule has 0 aliphatic heterocycles. The van der Waals surface area contributed by atoms with Crippen LogP contribution in [0.15, 0.2) is 35.1 Å². The minimum atomic E-state index is -0.715. The van der Waals surface area contributed by atoms with Gasteiger partial charge < -0.3 is 5.11 Å². The zero-order valence-corrected chi connectivity index (χ0v) is 9.14. The standard InChI is InChI=1S/C13H7N3O2/c14-6-9-11(8-4-2-1-3-5-8)10(7-15)13(18)16-12(9)17/h1-5H,(H2,16,17,18). The number of rotatable bonds is 1. The van der Waals surface area contributed by atoms with E-state index in [1.807, 2.05) is 0 Å². The van der Waals surface area contributed by atoms with Crippen LogP contribution in [0, 0.1) is 22.7 Å². The van der Waals surface area contributed by atoms with Gasteiger partial charge in [-0.1, -0.05) is 30.3 Å². The molecule has 1 aromatic carbocycles. The number of aromatic amines is 1. The molecule has 2 aromatic rings. The van der Waals surface area contributed by atoms with E-state index in [-0.39, 0.29) is 16.7 Å².